The maximum absolute atomic E-state index is 11.3. The Labute approximate surface area is 93.2 Å². The lowest BCUT2D eigenvalue weighted by Crippen LogP contribution is -2.32. The molecule has 1 aromatic heterocycles. The van der Waals surface area contributed by atoms with Crippen LogP contribution in [0.4, 0.5) is 4.79 Å². The van der Waals surface area contributed by atoms with E-state index in [9.17, 15) is 4.79 Å². The Morgan fingerprint density at radius 2 is 2.27 bits per heavy atom. The number of rotatable bonds is 2. The van der Waals surface area contributed by atoms with E-state index in [1.165, 1.54) is 0 Å². The van der Waals surface area contributed by atoms with E-state index in [-0.39, 0.29) is 0 Å². The van der Waals surface area contributed by atoms with Gasteiger partial charge in [-0.1, -0.05) is 0 Å². The highest BCUT2D eigenvalue weighted by Crippen LogP contribution is 2.06. The number of aromatic amines is 2. The molecule has 0 fully saturated rings. The van der Waals surface area contributed by atoms with Crippen molar-refractivity contribution < 1.29 is 9.53 Å². The third kappa shape index (κ3) is 4.64. The van der Waals surface area contributed by atoms with Crippen LogP contribution in [0.3, 0.4) is 0 Å². The zero-order chi connectivity index (χ0) is 11.5. The molecule has 0 spiro atoms. The summed E-state index contributed by atoms with van der Waals surface area (Å²) in [7, 11) is 0. The quantitative estimate of drug-likeness (QED) is 0.680. The highest BCUT2D eigenvalue weighted by molar-refractivity contribution is 7.71. The van der Waals surface area contributed by atoms with E-state index < -0.39 is 11.7 Å². The van der Waals surface area contributed by atoms with Crippen molar-refractivity contribution in [1.29, 1.82) is 0 Å². The van der Waals surface area contributed by atoms with Gasteiger partial charge >= 0.3 is 6.09 Å². The van der Waals surface area contributed by atoms with E-state index in [4.69, 9.17) is 17.0 Å². The molecule has 5 nitrogen and oxygen atoms in total. The molecule has 0 aliphatic carbocycles. The number of nitrogens with one attached hydrogen (secondary N) is 3. The maximum Gasteiger partial charge on any atom is 0.407 e. The molecule has 0 bridgehead atoms. The number of amides is 1. The predicted molar refractivity (Wildman–Crippen MR) is 59.1 cm³/mol. The average Bonchev–Trinajstić information content (AvgIpc) is 2.45. The minimum atomic E-state index is -0.477. The van der Waals surface area contributed by atoms with Gasteiger partial charge in [-0.15, -0.1) is 0 Å². The SMILES string of the molecule is CC(C)(C)OC(=O)NCc1c[nH]c(=S)[nH]1. The lowest BCUT2D eigenvalue weighted by Gasteiger charge is -2.19. The molecule has 0 saturated heterocycles. The van der Waals surface area contributed by atoms with Crippen LogP contribution in [0.2, 0.25) is 0 Å². The fourth-order valence-corrected chi connectivity index (χ4v) is 1.14. The van der Waals surface area contributed by atoms with Gasteiger partial charge in [0.1, 0.15) is 5.60 Å². The summed E-state index contributed by atoms with van der Waals surface area (Å²) in [5.41, 5.74) is 0.334. The van der Waals surface area contributed by atoms with Gasteiger partial charge in [-0.25, -0.2) is 4.79 Å². The number of imidazole rings is 1. The van der Waals surface area contributed by atoms with Crippen molar-refractivity contribution in [2.75, 3.05) is 0 Å². The topological polar surface area (TPSA) is 69.9 Å². The minimum Gasteiger partial charge on any atom is -0.444 e. The summed E-state index contributed by atoms with van der Waals surface area (Å²) < 4.78 is 5.60. The first-order valence-electron chi connectivity index (χ1n) is 4.60. The highest BCUT2D eigenvalue weighted by atomic mass is 32.1. The first kappa shape index (κ1) is 11.8. The average molecular weight is 229 g/mol. The zero-order valence-electron chi connectivity index (χ0n) is 9.01. The zero-order valence-corrected chi connectivity index (χ0v) is 9.83. The molecule has 0 atom stereocenters. The molecule has 3 N–H and O–H groups in total. The fraction of sp³-hybridized carbons (Fsp3) is 0.556. The normalized spacial score (nSPS) is 11.1. The van der Waals surface area contributed by atoms with E-state index in [2.05, 4.69) is 15.3 Å². The smallest absolute Gasteiger partial charge is 0.407 e. The summed E-state index contributed by atoms with van der Waals surface area (Å²) in [6.07, 6.45) is 1.27. The lowest BCUT2D eigenvalue weighted by atomic mass is 10.2. The molecule has 1 aromatic rings. The van der Waals surface area contributed by atoms with Crippen molar-refractivity contribution in [3.8, 4) is 0 Å². The molecule has 1 amide bonds. The van der Waals surface area contributed by atoms with Crippen LogP contribution in [0.1, 0.15) is 26.5 Å². The molecule has 0 unspecified atom stereocenters. The number of aromatic nitrogens is 2. The van der Waals surface area contributed by atoms with Gasteiger partial charge in [0, 0.05) is 6.20 Å². The Bertz CT molecular complexity index is 389. The highest BCUT2D eigenvalue weighted by Gasteiger charge is 2.15. The molecular weight excluding hydrogens is 214 g/mol. The second-order valence-electron chi connectivity index (χ2n) is 4.12. The number of ether oxygens (including phenoxy) is 1. The lowest BCUT2D eigenvalue weighted by molar-refractivity contribution is 0.0523. The van der Waals surface area contributed by atoms with E-state index in [0.29, 0.717) is 11.3 Å². The number of H-pyrrole nitrogens is 2. The molecular formula is C9H15N3O2S. The third-order valence-electron chi connectivity index (χ3n) is 1.47. The standard InChI is InChI=1S/C9H15N3O2S/c1-9(2,3)14-8(13)11-5-6-4-10-7(15)12-6/h4H,5H2,1-3H3,(H,11,13)(H2,10,12,15). The van der Waals surface area contributed by atoms with Gasteiger partial charge in [-0.3, -0.25) is 0 Å². The van der Waals surface area contributed by atoms with Crippen LogP contribution in [0.5, 0.6) is 0 Å². The molecule has 0 radical (unpaired) electrons. The minimum absolute atomic E-state index is 0.363. The number of hydrogen-bond acceptors (Lipinski definition) is 3. The number of carbonyl (C=O) groups excluding carboxylic acids is 1. The van der Waals surface area contributed by atoms with Crippen molar-refractivity contribution in [2.45, 2.75) is 32.9 Å². The first-order chi connectivity index (χ1) is 6.87. The summed E-state index contributed by atoms with van der Waals surface area (Å²) in [5.74, 6) is 0. The van der Waals surface area contributed by atoms with Gasteiger partial charge < -0.3 is 20.0 Å². The van der Waals surface area contributed by atoms with Crippen LogP contribution >= 0.6 is 12.2 Å². The maximum atomic E-state index is 11.3. The summed E-state index contributed by atoms with van der Waals surface area (Å²) in [6.45, 7) is 5.81. The Balaban J connectivity index is 2.38. The Morgan fingerprint density at radius 3 is 2.73 bits per heavy atom. The first-order valence-corrected chi connectivity index (χ1v) is 5.01. The molecule has 6 heteroatoms. The molecule has 0 aliphatic rings. The van der Waals surface area contributed by atoms with Gasteiger partial charge in [-0.2, -0.15) is 0 Å². The second kappa shape index (κ2) is 4.48. The van der Waals surface area contributed by atoms with E-state index in [0.717, 1.165) is 5.69 Å². The van der Waals surface area contributed by atoms with Crippen molar-refractivity contribution >= 4 is 18.3 Å². The van der Waals surface area contributed by atoms with Crippen molar-refractivity contribution in [2.24, 2.45) is 0 Å². The van der Waals surface area contributed by atoms with E-state index in [1.807, 2.05) is 20.8 Å². The molecule has 0 aliphatic heterocycles. The predicted octanol–water partition coefficient (Wildman–Crippen LogP) is 2.10. The Hall–Kier alpha value is -1.30. The van der Waals surface area contributed by atoms with Crippen molar-refractivity contribution in [3.05, 3.63) is 16.7 Å². The molecule has 84 valence electrons. The van der Waals surface area contributed by atoms with Crippen LogP contribution in [0.25, 0.3) is 0 Å². The van der Waals surface area contributed by atoms with Gasteiger partial charge in [-0.05, 0) is 33.0 Å². The van der Waals surface area contributed by atoms with Crippen LogP contribution in [-0.4, -0.2) is 21.7 Å². The molecule has 0 saturated carbocycles. The fourth-order valence-electron chi connectivity index (χ4n) is 0.947. The molecule has 1 heterocycles. The molecule has 1 rings (SSSR count). The van der Waals surface area contributed by atoms with Crippen LogP contribution < -0.4 is 5.32 Å². The number of alkyl carbamates (subject to hydrolysis) is 1. The summed E-state index contributed by atoms with van der Waals surface area (Å²) in [4.78, 5) is 16.9. The second-order valence-corrected chi connectivity index (χ2v) is 4.53. The van der Waals surface area contributed by atoms with Crippen LogP contribution in [0, 0.1) is 4.77 Å². The summed E-state index contributed by atoms with van der Waals surface area (Å²) in [5, 5.41) is 2.61. The van der Waals surface area contributed by atoms with Gasteiger partial charge in [0.15, 0.2) is 4.77 Å². The Kier molecular flexibility index (Phi) is 3.52. The van der Waals surface area contributed by atoms with Gasteiger partial charge in [0.25, 0.3) is 0 Å². The summed E-state index contributed by atoms with van der Waals surface area (Å²) in [6, 6.07) is 0. The van der Waals surface area contributed by atoms with E-state index >= 15 is 0 Å². The van der Waals surface area contributed by atoms with Gasteiger partial charge in [0.2, 0.25) is 0 Å². The largest absolute Gasteiger partial charge is 0.444 e. The van der Waals surface area contributed by atoms with Crippen LogP contribution in [-0.2, 0) is 11.3 Å². The van der Waals surface area contributed by atoms with Crippen LogP contribution in [0.15, 0.2) is 6.20 Å². The van der Waals surface area contributed by atoms with Gasteiger partial charge in [0.05, 0.1) is 12.2 Å². The molecule has 15 heavy (non-hydrogen) atoms. The molecule has 0 aromatic carbocycles. The number of carbonyl (C=O) groups is 1. The monoisotopic (exact) mass is 229 g/mol. The number of hydrogen-bond donors (Lipinski definition) is 3. The van der Waals surface area contributed by atoms with E-state index in [1.54, 1.807) is 6.20 Å². The third-order valence-corrected chi connectivity index (χ3v) is 1.69. The Morgan fingerprint density at radius 1 is 1.60 bits per heavy atom. The summed E-state index contributed by atoms with van der Waals surface area (Å²) >= 11 is 4.85. The van der Waals surface area contributed by atoms with Crippen molar-refractivity contribution in [1.82, 2.24) is 15.3 Å². The van der Waals surface area contributed by atoms with Crippen molar-refractivity contribution in [3.63, 3.8) is 0 Å².